The van der Waals surface area contributed by atoms with Crippen molar-refractivity contribution in [2.45, 2.75) is 57.1 Å². The molecule has 7 nitrogen and oxygen atoms in total. The summed E-state index contributed by atoms with van der Waals surface area (Å²) in [5, 5.41) is 13.2. The number of nitrogens with one attached hydrogen (secondary N) is 1. The summed E-state index contributed by atoms with van der Waals surface area (Å²) in [5.74, 6) is -3.67. The molecule has 1 aromatic carbocycles. The molecular weight excluding hydrogens is 461 g/mol. The number of aliphatic hydroxyl groups is 1. The molecule has 2 N–H and O–H groups in total. The van der Waals surface area contributed by atoms with Crippen molar-refractivity contribution in [2.24, 2.45) is 4.99 Å². The van der Waals surface area contributed by atoms with E-state index in [2.05, 4.69) is 15.3 Å². The van der Waals surface area contributed by atoms with Gasteiger partial charge in [-0.15, -0.1) is 0 Å². The molecule has 3 heterocycles. The van der Waals surface area contributed by atoms with Crippen LogP contribution < -0.4 is 5.32 Å². The monoisotopic (exact) mass is 488 g/mol. The number of benzene rings is 1. The van der Waals surface area contributed by atoms with E-state index in [0.717, 1.165) is 10.5 Å². The Labute approximate surface area is 201 Å². The zero-order chi connectivity index (χ0) is 25.4. The van der Waals surface area contributed by atoms with Crippen LogP contribution in [-0.2, 0) is 17.8 Å². The van der Waals surface area contributed by atoms with Crippen LogP contribution in [0.5, 0.6) is 0 Å². The van der Waals surface area contributed by atoms with Crippen molar-refractivity contribution in [1.29, 1.82) is 0 Å². The Kier molecular flexibility index (Phi) is 6.68. The molecule has 0 unspecified atom stereocenters. The van der Waals surface area contributed by atoms with Gasteiger partial charge in [-0.3, -0.25) is 20.1 Å². The van der Waals surface area contributed by atoms with Crippen LogP contribution in [0.25, 0.3) is 0 Å². The van der Waals surface area contributed by atoms with Crippen molar-refractivity contribution < 1.29 is 27.9 Å². The molecule has 1 atom stereocenters. The number of fused-ring (bicyclic) bond motifs is 1. The number of alkyl halides is 2. The standard InChI is InChI=1S/C25H27F3N4O3/c1-24(2,35)21(15-3-5-17(26)6-4-15)11-19(33)10-18-9-16-12-30-22(20(16)13-29-18)31-23(34)32-8-7-25(27,28)14-32/h3-6,9,13,21,35H,7-8,10-12,14H2,1-2H3,(H,30,31,34)/t21-/m0/s1. The summed E-state index contributed by atoms with van der Waals surface area (Å²) >= 11 is 0. The zero-order valence-electron chi connectivity index (χ0n) is 19.5. The fraction of sp³-hybridized carbons (Fsp3) is 0.440. The lowest BCUT2D eigenvalue weighted by Gasteiger charge is -2.29. The maximum Gasteiger partial charge on any atom is 0.323 e. The highest BCUT2D eigenvalue weighted by Gasteiger charge is 2.40. The molecule has 10 heteroatoms. The van der Waals surface area contributed by atoms with Crippen molar-refractivity contribution >= 4 is 17.6 Å². The Morgan fingerprint density at radius 2 is 1.97 bits per heavy atom. The number of pyridine rings is 1. The summed E-state index contributed by atoms with van der Waals surface area (Å²) in [6.45, 7) is 2.84. The van der Waals surface area contributed by atoms with Gasteiger partial charge in [0.25, 0.3) is 5.92 Å². The van der Waals surface area contributed by atoms with Crippen molar-refractivity contribution in [3.05, 3.63) is 64.7 Å². The van der Waals surface area contributed by atoms with Gasteiger partial charge < -0.3 is 10.0 Å². The molecule has 2 aromatic rings. The predicted octanol–water partition coefficient (Wildman–Crippen LogP) is 3.59. The third kappa shape index (κ3) is 5.87. The van der Waals surface area contributed by atoms with Gasteiger partial charge in [0.1, 0.15) is 17.4 Å². The minimum Gasteiger partial charge on any atom is -0.390 e. The quantitative estimate of drug-likeness (QED) is 0.650. The van der Waals surface area contributed by atoms with Gasteiger partial charge in [-0.25, -0.2) is 18.0 Å². The molecule has 2 amide bonds. The number of carbonyl (C=O) groups excluding carboxylic acids is 2. The molecule has 1 fully saturated rings. The smallest absolute Gasteiger partial charge is 0.323 e. The first-order chi connectivity index (χ1) is 16.4. The van der Waals surface area contributed by atoms with Crippen molar-refractivity contribution in [2.75, 3.05) is 13.1 Å². The van der Waals surface area contributed by atoms with Crippen molar-refractivity contribution in [1.82, 2.24) is 15.2 Å². The minimum atomic E-state index is -2.88. The van der Waals surface area contributed by atoms with Gasteiger partial charge in [0, 0.05) is 49.2 Å². The number of nitrogens with zero attached hydrogens (tertiary/aromatic N) is 3. The molecule has 186 valence electrons. The number of aromatic nitrogens is 1. The molecule has 2 aliphatic rings. The van der Waals surface area contributed by atoms with Crippen LogP contribution in [0.4, 0.5) is 18.0 Å². The summed E-state index contributed by atoms with van der Waals surface area (Å²) in [7, 11) is 0. The van der Waals surface area contributed by atoms with Crippen molar-refractivity contribution in [3.8, 4) is 0 Å². The lowest BCUT2D eigenvalue weighted by Crippen LogP contribution is -2.42. The van der Waals surface area contributed by atoms with Crippen LogP contribution in [0.3, 0.4) is 0 Å². The predicted molar refractivity (Wildman–Crippen MR) is 123 cm³/mol. The molecule has 0 bridgehead atoms. The second kappa shape index (κ2) is 9.41. The third-order valence-corrected chi connectivity index (χ3v) is 6.33. The van der Waals surface area contributed by atoms with Gasteiger partial charge in [0.2, 0.25) is 0 Å². The number of halogens is 3. The topological polar surface area (TPSA) is 94.9 Å². The third-order valence-electron chi connectivity index (χ3n) is 6.33. The van der Waals surface area contributed by atoms with Gasteiger partial charge in [0.05, 0.1) is 18.7 Å². The Bertz CT molecular complexity index is 1160. The summed E-state index contributed by atoms with van der Waals surface area (Å²) < 4.78 is 40.1. The number of likely N-dealkylation sites (tertiary alicyclic amines) is 1. The van der Waals surface area contributed by atoms with E-state index in [9.17, 15) is 27.9 Å². The normalized spacial score (nSPS) is 17.7. The highest BCUT2D eigenvalue weighted by atomic mass is 19.3. The van der Waals surface area contributed by atoms with Gasteiger partial charge in [-0.05, 0) is 43.2 Å². The van der Waals surface area contributed by atoms with Crippen LogP contribution in [0, 0.1) is 5.82 Å². The lowest BCUT2D eigenvalue weighted by atomic mass is 9.80. The molecule has 1 saturated heterocycles. The Balaban J connectivity index is 1.39. The molecular formula is C25H27F3N4O3. The SMILES string of the molecule is CC(C)(O)[C@@H](CC(=O)Cc1cc2c(cn1)C(NC(=O)N1CCC(F)(F)C1)=NC2)c1ccc(F)cc1. The second-order valence-corrected chi connectivity index (χ2v) is 9.63. The van der Waals surface area contributed by atoms with E-state index in [1.54, 1.807) is 32.0 Å². The maximum absolute atomic E-state index is 13.4. The van der Waals surface area contributed by atoms with Crippen molar-refractivity contribution in [3.63, 3.8) is 0 Å². The van der Waals surface area contributed by atoms with E-state index in [1.807, 2.05) is 0 Å². The number of rotatable bonds is 6. The molecule has 0 radical (unpaired) electrons. The number of urea groups is 1. The molecule has 35 heavy (non-hydrogen) atoms. The van der Waals surface area contributed by atoms with Gasteiger partial charge in [-0.2, -0.15) is 0 Å². The largest absolute Gasteiger partial charge is 0.390 e. The average Bonchev–Trinajstić information content (AvgIpc) is 3.34. The first kappa shape index (κ1) is 24.8. The number of Topliss-reactive ketones (excluding diaryl/α,β-unsaturated/α-hetero) is 1. The Hall–Kier alpha value is -3.27. The zero-order valence-corrected chi connectivity index (χ0v) is 19.5. The van der Waals surface area contributed by atoms with Crippen LogP contribution in [-0.4, -0.2) is 57.3 Å². The van der Waals surface area contributed by atoms with E-state index >= 15 is 0 Å². The fourth-order valence-corrected chi connectivity index (χ4v) is 4.41. The van der Waals surface area contributed by atoms with E-state index in [-0.39, 0.29) is 44.0 Å². The molecule has 1 aromatic heterocycles. The summed E-state index contributed by atoms with van der Waals surface area (Å²) in [6.07, 6.45) is 1.23. The summed E-state index contributed by atoms with van der Waals surface area (Å²) in [6, 6.07) is 6.83. The molecule has 0 aliphatic carbocycles. The molecule has 2 aliphatic heterocycles. The van der Waals surface area contributed by atoms with Crippen LogP contribution in [0.2, 0.25) is 0 Å². The summed E-state index contributed by atoms with van der Waals surface area (Å²) in [4.78, 5) is 34.8. The number of amides is 2. The van der Waals surface area contributed by atoms with E-state index in [0.29, 0.717) is 16.8 Å². The Morgan fingerprint density at radius 3 is 2.60 bits per heavy atom. The lowest BCUT2D eigenvalue weighted by molar-refractivity contribution is -0.120. The fourth-order valence-electron chi connectivity index (χ4n) is 4.41. The number of aliphatic imine (C=N–C) groups is 1. The van der Waals surface area contributed by atoms with E-state index < -0.39 is 35.8 Å². The highest BCUT2D eigenvalue weighted by molar-refractivity contribution is 6.09. The van der Waals surface area contributed by atoms with Gasteiger partial charge in [0.15, 0.2) is 0 Å². The number of ketones is 1. The number of hydrogen-bond acceptors (Lipinski definition) is 5. The number of amidine groups is 1. The highest BCUT2D eigenvalue weighted by Crippen LogP contribution is 2.32. The van der Waals surface area contributed by atoms with Crippen LogP contribution in [0.15, 0.2) is 41.5 Å². The van der Waals surface area contributed by atoms with Crippen LogP contribution in [0.1, 0.15) is 55.0 Å². The number of hydrogen-bond donors (Lipinski definition) is 2. The number of carbonyl (C=O) groups is 2. The second-order valence-electron chi connectivity index (χ2n) is 9.63. The van der Waals surface area contributed by atoms with E-state index in [1.165, 1.54) is 18.3 Å². The van der Waals surface area contributed by atoms with Gasteiger partial charge in [-0.1, -0.05) is 12.1 Å². The van der Waals surface area contributed by atoms with Crippen LogP contribution >= 0.6 is 0 Å². The van der Waals surface area contributed by atoms with E-state index in [4.69, 9.17) is 0 Å². The first-order valence-electron chi connectivity index (χ1n) is 11.4. The Morgan fingerprint density at radius 1 is 1.26 bits per heavy atom. The minimum absolute atomic E-state index is 0.0260. The first-order valence-corrected chi connectivity index (χ1v) is 11.4. The summed E-state index contributed by atoms with van der Waals surface area (Å²) in [5.41, 5.74) is 1.34. The van der Waals surface area contributed by atoms with Gasteiger partial charge >= 0.3 is 6.03 Å². The molecule has 4 rings (SSSR count). The average molecular weight is 489 g/mol. The molecule has 0 spiro atoms. The maximum atomic E-state index is 13.4. The molecule has 0 saturated carbocycles.